The highest BCUT2D eigenvalue weighted by atomic mass is 16.5. The normalized spacial score (nSPS) is 11.5. The van der Waals surface area contributed by atoms with Gasteiger partial charge in [0.05, 0.1) is 11.2 Å². The highest BCUT2D eigenvalue weighted by Crippen LogP contribution is 2.29. The second-order valence-corrected chi connectivity index (χ2v) is 5.51. The molecule has 7 nitrogen and oxygen atoms in total. The smallest absolute Gasteiger partial charge is 0.296 e. The number of benzene rings is 1. The van der Waals surface area contributed by atoms with Gasteiger partial charge in [0, 0.05) is 18.6 Å². The third-order valence-corrected chi connectivity index (χ3v) is 3.78. The summed E-state index contributed by atoms with van der Waals surface area (Å²) in [6.45, 7) is 2.31. The van der Waals surface area contributed by atoms with Crippen LogP contribution in [-0.2, 0) is 6.61 Å². The number of aromatic amines is 1. The number of fused-ring (bicyclic) bond motifs is 1. The van der Waals surface area contributed by atoms with Gasteiger partial charge in [-0.1, -0.05) is 12.1 Å². The summed E-state index contributed by atoms with van der Waals surface area (Å²) in [5, 5.41) is 3.52. The number of aryl methyl sites for hydroxylation is 1. The fourth-order valence-corrected chi connectivity index (χ4v) is 2.43. The van der Waals surface area contributed by atoms with Crippen molar-refractivity contribution in [3.8, 4) is 5.75 Å². The summed E-state index contributed by atoms with van der Waals surface area (Å²) >= 11 is 0. The van der Waals surface area contributed by atoms with E-state index in [-0.39, 0.29) is 5.96 Å². The minimum Gasteiger partial charge on any atom is -0.485 e. The molecule has 0 aliphatic carbocycles. The van der Waals surface area contributed by atoms with Crippen LogP contribution < -0.4 is 15.8 Å². The molecule has 0 saturated carbocycles. The number of hydrogen-bond donors (Lipinski definition) is 3. The lowest BCUT2D eigenvalue weighted by atomic mass is 10.1. The van der Waals surface area contributed by atoms with E-state index >= 15 is 0 Å². The van der Waals surface area contributed by atoms with Gasteiger partial charge in [-0.25, -0.2) is 0 Å². The van der Waals surface area contributed by atoms with Crippen molar-refractivity contribution in [2.45, 2.75) is 13.5 Å². The Morgan fingerprint density at radius 1 is 1.36 bits per heavy atom. The number of nitrogens with zero attached hydrogens (tertiary/aromatic N) is 2. The molecule has 3 aromatic rings. The number of nitrogens with two attached hydrogens (primary N) is 1. The summed E-state index contributed by atoms with van der Waals surface area (Å²) in [6, 6.07) is 11.2. The molecule has 3 rings (SSSR count). The molecule has 7 heteroatoms. The van der Waals surface area contributed by atoms with E-state index in [1.807, 2.05) is 37.3 Å². The molecule has 0 radical (unpaired) electrons. The number of nitrogens with one attached hydrogen (secondary N) is 2. The Bertz CT molecular complexity index is 931. The number of guanidine groups is 1. The summed E-state index contributed by atoms with van der Waals surface area (Å²) in [4.78, 5) is 23.3. The Morgan fingerprint density at radius 3 is 2.92 bits per heavy atom. The lowest BCUT2D eigenvalue weighted by Crippen LogP contribution is -2.28. The van der Waals surface area contributed by atoms with Crippen LogP contribution in [-0.4, -0.2) is 28.9 Å². The number of pyridine rings is 1. The first-order valence-corrected chi connectivity index (χ1v) is 7.79. The van der Waals surface area contributed by atoms with Gasteiger partial charge < -0.3 is 20.8 Å². The van der Waals surface area contributed by atoms with Crippen LogP contribution in [0.4, 0.5) is 0 Å². The van der Waals surface area contributed by atoms with Gasteiger partial charge in [-0.05, 0) is 36.8 Å². The van der Waals surface area contributed by atoms with Crippen molar-refractivity contribution in [1.29, 1.82) is 0 Å². The first-order chi connectivity index (χ1) is 12.1. The fraction of sp³-hybridized carbons (Fsp3) is 0.167. The van der Waals surface area contributed by atoms with E-state index in [0.717, 1.165) is 22.2 Å². The largest absolute Gasteiger partial charge is 0.485 e. The Kier molecular flexibility index (Phi) is 4.65. The Balaban J connectivity index is 1.92. The highest BCUT2D eigenvalue weighted by molar-refractivity contribution is 6.05. The minimum atomic E-state index is -0.446. The standard InChI is InChI=1S/C18H19N5O2/c1-11-6-7-15(25-10-12-5-3-4-8-21-12)16-13(11)9-14(22-16)17(24)23-18(19)20-2/h3-9,22H,10H2,1-2H3,(H3,19,20,23,24). The molecule has 2 aromatic heterocycles. The molecule has 0 aliphatic heterocycles. The molecule has 0 saturated heterocycles. The van der Waals surface area contributed by atoms with Crippen molar-refractivity contribution in [2.75, 3.05) is 7.05 Å². The lowest BCUT2D eigenvalue weighted by Gasteiger charge is -2.08. The Labute approximate surface area is 144 Å². The van der Waals surface area contributed by atoms with Gasteiger partial charge in [0.25, 0.3) is 5.91 Å². The number of rotatable bonds is 4. The van der Waals surface area contributed by atoms with Crippen LogP contribution in [0.5, 0.6) is 5.75 Å². The van der Waals surface area contributed by atoms with Crippen LogP contribution in [0.15, 0.2) is 47.6 Å². The minimum absolute atomic E-state index is 0.0620. The van der Waals surface area contributed by atoms with Crippen LogP contribution in [0.2, 0.25) is 0 Å². The molecule has 1 amide bonds. The van der Waals surface area contributed by atoms with Crippen LogP contribution >= 0.6 is 0 Å². The molecular weight excluding hydrogens is 318 g/mol. The first-order valence-electron chi connectivity index (χ1n) is 7.79. The molecule has 4 N–H and O–H groups in total. The van der Waals surface area contributed by atoms with Crippen molar-refractivity contribution in [2.24, 2.45) is 10.7 Å². The number of carbonyl (C=O) groups excluding carboxylic acids is 1. The molecule has 0 aliphatic rings. The summed E-state index contributed by atoms with van der Waals surface area (Å²) in [5.74, 6) is 0.265. The molecule has 0 unspecified atom stereocenters. The number of aromatic nitrogens is 2. The third-order valence-electron chi connectivity index (χ3n) is 3.78. The van der Waals surface area contributed by atoms with Crippen molar-refractivity contribution in [3.63, 3.8) is 0 Å². The maximum absolute atomic E-state index is 12.2. The van der Waals surface area contributed by atoms with E-state index in [2.05, 4.69) is 20.3 Å². The second-order valence-electron chi connectivity index (χ2n) is 5.51. The summed E-state index contributed by atoms with van der Waals surface area (Å²) in [6.07, 6.45) is 1.72. The van der Waals surface area contributed by atoms with E-state index in [9.17, 15) is 4.79 Å². The van der Waals surface area contributed by atoms with Crippen molar-refractivity contribution >= 4 is 22.8 Å². The maximum atomic E-state index is 12.2. The SMILES string of the molecule is CNC(N)=NC(=O)c1cc2c(C)ccc(OCc3ccccn3)c2[nH]1. The maximum Gasteiger partial charge on any atom is 0.296 e. The van der Waals surface area contributed by atoms with Crippen molar-refractivity contribution in [3.05, 3.63) is 59.5 Å². The van der Waals surface area contributed by atoms with Crippen LogP contribution in [0.1, 0.15) is 21.7 Å². The molecule has 1 aromatic carbocycles. The van der Waals surface area contributed by atoms with Gasteiger partial charge in [0.2, 0.25) is 0 Å². The average Bonchev–Trinajstić information content (AvgIpc) is 3.08. The number of carbonyl (C=O) groups is 1. The zero-order valence-electron chi connectivity index (χ0n) is 14.0. The number of ether oxygens (including phenoxy) is 1. The van der Waals surface area contributed by atoms with E-state index in [4.69, 9.17) is 10.5 Å². The van der Waals surface area contributed by atoms with Crippen molar-refractivity contribution in [1.82, 2.24) is 15.3 Å². The molecule has 0 spiro atoms. The summed E-state index contributed by atoms with van der Waals surface area (Å²) in [7, 11) is 1.60. The van der Waals surface area contributed by atoms with Gasteiger partial charge in [0.15, 0.2) is 5.96 Å². The van der Waals surface area contributed by atoms with Crippen LogP contribution in [0, 0.1) is 6.92 Å². The summed E-state index contributed by atoms with van der Waals surface area (Å²) in [5.41, 5.74) is 8.50. The zero-order chi connectivity index (χ0) is 17.8. The number of hydrogen-bond acceptors (Lipinski definition) is 3. The second kappa shape index (κ2) is 7.04. The molecular formula is C18H19N5O2. The van der Waals surface area contributed by atoms with Crippen molar-refractivity contribution < 1.29 is 9.53 Å². The van der Waals surface area contributed by atoms with Crippen LogP contribution in [0.3, 0.4) is 0 Å². The average molecular weight is 337 g/mol. The topological polar surface area (TPSA) is 105 Å². The van der Waals surface area contributed by atoms with Gasteiger partial charge in [-0.15, -0.1) is 0 Å². The van der Waals surface area contributed by atoms with Gasteiger partial charge in [-0.3, -0.25) is 9.78 Å². The predicted molar refractivity (Wildman–Crippen MR) is 96.6 cm³/mol. The zero-order valence-corrected chi connectivity index (χ0v) is 14.0. The number of aliphatic imine (C=N–C) groups is 1. The molecule has 0 fully saturated rings. The van der Waals surface area contributed by atoms with E-state index < -0.39 is 5.91 Å². The van der Waals surface area contributed by atoms with E-state index in [0.29, 0.717) is 18.1 Å². The predicted octanol–water partition coefficient (Wildman–Crippen LogP) is 2.12. The Hall–Kier alpha value is -3.35. The molecule has 2 heterocycles. The van der Waals surface area contributed by atoms with Gasteiger partial charge >= 0.3 is 0 Å². The third kappa shape index (κ3) is 3.60. The Morgan fingerprint density at radius 2 is 2.20 bits per heavy atom. The quantitative estimate of drug-likeness (QED) is 0.499. The monoisotopic (exact) mass is 337 g/mol. The summed E-state index contributed by atoms with van der Waals surface area (Å²) < 4.78 is 5.88. The molecule has 128 valence electrons. The molecule has 0 atom stereocenters. The first kappa shape index (κ1) is 16.5. The van der Waals surface area contributed by atoms with Crippen LogP contribution in [0.25, 0.3) is 10.9 Å². The fourth-order valence-electron chi connectivity index (χ4n) is 2.43. The number of H-pyrrole nitrogens is 1. The highest BCUT2D eigenvalue weighted by Gasteiger charge is 2.14. The van der Waals surface area contributed by atoms with E-state index in [1.54, 1.807) is 19.3 Å². The van der Waals surface area contributed by atoms with Gasteiger partial charge in [0.1, 0.15) is 18.1 Å². The lowest BCUT2D eigenvalue weighted by molar-refractivity contribution is 0.0998. The van der Waals surface area contributed by atoms with Gasteiger partial charge in [-0.2, -0.15) is 4.99 Å². The molecule has 25 heavy (non-hydrogen) atoms. The van der Waals surface area contributed by atoms with E-state index in [1.165, 1.54) is 0 Å². The number of amides is 1. The molecule has 0 bridgehead atoms.